The number of rotatable bonds is 6. The Morgan fingerprint density at radius 3 is 2.48 bits per heavy atom. The van der Waals surface area contributed by atoms with E-state index in [1.165, 1.54) is 24.3 Å². The van der Waals surface area contributed by atoms with E-state index in [1.54, 1.807) is 6.08 Å². The summed E-state index contributed by atoms with van der Waals surface area (Å²) in [5.41, 5.74) is 1.60. The Morgan fingerprint density at radius 1 is 1.19 bits per heavy atom. The highest BCUT2D eigenvalue weighted by atomic mass is 127. The number of carbonyl (C=O) groups excluding carboxylic acids is 1. The summed E-state index contributed by atoms with van der Waals surface area (Å²) in [5.74, 6) is 0.152. The van der Waals surface area contributed by atoms with Gasteiger partial charge in [-0.1, -0.05) is 13.3 Å². The number of ether oxygens (including phenoxy) is 2. The predicted molar refractivity (Wildman–Crippen MR) is 119 cm³/mol. The van der Waals surface area contributed by atoms with E-state index in [4.69, 9.17) is 9.47 Å². The molecule has 140 valence electrons. The highest BCUT2D eigenvalue weighted by Gasteiger charge is 2.24. The summed E-state index contributed by atoms with van der Waals surface area (Å²) in [6.45, 7) is 2.80. The largest absolute Gasteiger partial charge is 0.491 e. The van der Waals surface area contributed by atoms with E-state index in [9.17, 15) is 9.18 Å². The van der Waals surface area contributed by atoms with Crippen molar-refractivity contribution in [2.24, 2.45) is 4.99 Å². The first-order chi connectivity index (χ1) is 13.0. The van der Waals surface area contributed by atoms with Gasteiger partial charge in [0.1, 0.15) is 11.6 Å². The molecule has 0 spiro atoms. The average molecular weight is 591 g/mol. The predicted octanol–water partition coefficient (Wildman–Crippen LogP) is 5.56. The van der Waals surface area contributed by atoms with Gasteiger partial charge in [-0.15, -0.1) is 0 Å². The van der Waals surface area contributed by atoms with Crippen LogP contribution >= 0.6 is 45.2 Å². The first-order valence-corrected chi connectivity index (χ1v) is 10.5. The van der Waals surface area contributed by atoms with Gasteiger partial charge in [0.05, 0.1) is 13.7 Å². The molecule has 0 aromatic heterocycles. The maximum Gasteiger partial charge on any atom is 0.363 e. The van der Waals surface area contributed by atoms with Crippen molar-refractivity contribution in [3.05, 3.63) is 66.2 Å². The molecule has 0 amide bonds. The second-order valence-electron chi connectivity index (χ2n) is 5.86. The molecule has 0 unspecified atom stereocenters. The molecule has 0 aliphatic carbocycles. The van der Waals surface area contributed by atoms with Gasteiger partial charge in [-0.25, -0.2) is 14.2 Å². The van der Waals surface area contributed by atoms with Gasteiger partial charge >= 0.3 is 5.97 Å². The Morgan fingerprint density at radius 2 is 1.85 bits per heavy atom. The topological polar surface area (TPSA) is 47.9 Å². The van der Waals surface area contributed by atoms with Crippen LogP contribution in [0.4, 0.5) is 4.39 Å². The zero-order valence-corrected chi connectivity index (χ0v) is 18.8. The van der Waals surface area contributed by atoms with Crippen LogP contribution < -0.4 is 4.74 Å². The average Bonchev–Trinajstić information content (AvgIpc) is 2.98. The Hall–Kier alpha value is -1.49. The van der Waals surface area contributed by atoms with Crippen molar-refractivity contribution in [2.45, 2.75) is 19.8 Å². The molecule has 2 aromatic carbocycles. The number of benzene rings is 2. The molecule has 0 saturated heterocycles. The van der Waals surface area contributed by atoms with Crippen LogP contribution in [0.1, 0.15) is 30.9 Å². The number of aliphatic imine (C=N–C) groups is 1. The molecule has 1 aliphatic rings. The van der Waals surface area contributed by atoms with Crippen LogP contribution in [-0.4, -0.2) is 18.5 Å². The quantitative estimate of drug-likeness (QED) is 0.192. The fourth-order valence-electron chi connectivity index (χ4n) is 2.40. The van der Waals surface area contributed by atoms with Gasteiger partial charge in [-0.2, -0.15) is 0 Å². The van der Waals surface area contributed by atoms with Crippen molar-refractivity contribution in [3.63, 3.8) is 0 Å². The second-order valence-corrected chi connectivity index (χ2v) is 8.18. The van der Waals surface area contributed by atoms with Crippen LogP contribution in [0.25, 0.3) is 6.08 Å². The lowest BCUT2D eigenvalue weighted by atomic mass is 10.2. The van der Waals surface area contributed by atoms with Crippen LogP contribution in [0.2, 0.25) is 0 Å². The van der Waals surface area contributed by atoms with Crippen LogP contribution in [-0.2, 0) is 9.53 Å². The molecular formula is C20H16FI2NO3. The Labute approximate surface area is 184 Å². The molecule has 1 aliphatic heterocycles. The Kier molecular flexibility index (Phi) is 6.85. The lowest BCUT2D eigenvalue weighted by Gasteiger charge is -2.11. The third kappa shape index (κ3) is 5.07. The normalized spacial score (nSPS) is 15.0. The van der Waals surface area contributed by atoms with Gasteiger partial charge in [-0.3, -0.25) is 0 Å². The molecule has 1 heterocycles. The number of unbranched alkanes of at least 4 members (excludes halogenated alkanes) is 1. The Bertz CT molecular complexity index is 900. The minimum atomic E-state index is -0.525. The van der Waals surface area contributed by atoms with Gasteiger partial charge in [0, 0.05) is 5.56 Å². The molecule has 0 saturated carbocycles. The molecule has 27 heavy (non-hydrogen) atoms. The number of nitrogens with zero attached hydrogens (tertiary/aromatic N) is 1. The number of esters is 1. The number of hydrogen-bond acceptors (Lipinski definition) is 4. The van der Waals surface area contributed by atoms with E-state index < -0.39 is 5.97 Å². The van der Waals surface area contributed by atoms with Crippen LogP contribution in [0.3, 0.4) is 0 Å². The number of halogens is 3. The van der Waals surface area contributed by atoms with Crippen molar-refractivity contribution < 1.29 is 18.7 Å². The van der Waals surface area contributed by atoms with Crippen molar-refractivity contribution >= 4 is 63.1 Å². The fourth-order valence-corrected chi connectivity index (χ4v) is 4.53. The molecule has 4 nitrogen and oxygen atoms in total. The molecule has 0 radical (unpaired) electrons. The molecule has 0 bridgehead atoms. The number of cyclic esters (lactones) is 1. The maximum absolute atomic E-state index is 13.0. The summed E-state index contributed by atoms with van der Waals surface area (Å²) in [6, 6.07) is 9.54. The molecule has 0 atom stereocenters. The van der Waals surface area contributed by atoms with Crippen LogP contribution in [0, 0.1) is 13.0 Å². The zero-order chi connectivity index (χ0) is 19.4. The van der Waals surface area contributed by atoms with E-state index in [2.05, 4.69) is 57.1 Å². The van der Waals surface area contributed by atoms with Crippen LogP contribution in [0.15, 0.2) is 47.1 Å². The van der Waals surface area contributed by atoms with E-state index in [0.717, 1.165) is 31.3 Å². The number of hydrogen-bond donors (Lipinski definition) is 0. The fraction of sp³-hybridized carbons (Fsp3) is 0.200. The van der Waals surface area contributed by atoms with Crippen molar-refractivity contribution in [2.75, 3.05) is 6.61 Å². The van der Waals surface area contributed by atoms with Crippen LogP contribution in [0.5, 0.6) is 5.75 Å². The van der Waals surface area contributed by atoms with Gasteiger partial charge in [0.25, 0.3) is 0 Å². The third-order valence-corrected chi connectivity index (χ3v) is 5.38. The van der Waals surface area contributed by atoms with Crippen molar-refractivity contribution in [1.82, 2.24) is 0 Å². The SMILES string of the molecule is CCCCOc1c(I)cc(/C=C2\N=C(c3ccc(F)cc3)OC2=O)cc1I. The third-order valence-electron chi connectivity index (χ3n) is 3.78. The monoisotopic (exact) mass is 591 g/mol. The first-order valence-electron chi connectivity index (χ1n) is 8.38. The second kappa shape index (κ2) is 9.13. The maximum atomic E-state index is 13.0. The molecular weight excluding hydrogens is 575 g/mol. The van der Waals surface area contributed by atoms with E-state index in [-0.39, 0.29) is 17.4 Å². The summed E-state index contributed by atoms with van der Waals surface area (Å²) in [4.78, 5) is 16.4. The zero-order valence-electron chi connectivity index (χ0n) is 14.5. The van der Waals surface area contributed by atoms with Crippen molar-refractivity contribution in [1.29, 1.82) is 0 Å². The van der Waals surface area contributed by atoms with Gasteiger partial charge in [0.15, 0.2) is 5.70 Å². The molecule has 3 rings (SSSR count). The highest BCUT2D eigenvalue weighted by Crippen LogP contribution is 2.30. The van der Waals surface area contributed by atoms with E-state index in [0.29, 0.717) is 12.2 Å². The minimum absolute atomic E-state index is 0.176. The van der Waals surface area contributed by atoms with E-state index in [1.807, 2.05) is 12.1 Å². The molecule has 2 aromatic rings. The molecule has 0 fully saturated rings. The summed E-state index contributed by atoms with van der Waals surface area (Å²) >= 11 is 4.45. The van der Waals surface area contributed by atoms with Gasteiger partial charge in [0.2, 0.25) is 5.90 Å². The van der Waals surface area contributed by atoms with Gasteiger partial charge in [-0.05, 0) is 99.6 Å². The smallest absolute Gasteiger partial charge is 0.363 e. The van der Waals surface area contributed by atoms with Crippen molar-refractivity contribution in [3.8, 4) is 5.75 Å². The summed E-state index contributed by atoms with van der Waals surface area (Å²) < 4.78 is 26.1. The first kappa shape index (κ1) is 20.2. The summed E-state index contributed by atoms with van der Waals surface area (Å²) in [7, 11) is 0. The lowest BCUT2D eigenvalue weighted by molar-refractivity contribution is -0.129. The Balaban J connectivity index is 1.85. The molecule has 0 N–H and O–H groups in total. The standard InChI is InChI=1S/C20H16FI2NO3/c1-2-3-8-26-18-15(22)9-12(10-16(18)23)11-17-20(25)27-19(24-17)13-4-6-14(21)7-5-13/h4-7,9-11H,2-3,8H2,1H3/b17-11-. The summed E-state index contributed by atoms with van der Waals surface area (Å²) in [5, 5.41) is 0. The minimum Gasteiger partial charge on any atom is -0.491 e. The summed E-state index contributed by atoms with van der Waals surface area (Å²) in [6.07, 6.45) is 3.76. The molecule has 7 heteroatoms. The lowest BCUT2D eigenvalue weighted by Crippen LogP contribution is -2.05. The van der Waals surface area contributed by atoms with E-state index >= 15 is 0 Å². The number of carbonyl (C=O) groups is 1. The highest BCUT2D eigenvalue weighted by molar-refractivity contribution is 14.1. The van der Waals surface area contributed by atoms with Gasteiger partial charge < -0.3 is 9.47 Å².